The van der Waals surface area contributed by atoms with E-state index in [9.17, 15) is 0 Å². The van der Waals surface area contributed by atoms with Crippen LogP contribution in [0.4, 0.5) is 5.82 Å². The van der Waals surface area contributed by atoms with E-state index in [1.165, 1.54) is 0 Å². The van der Waals surface area contributed by atoms with Crippen LogP contribution in [0.5, 0.6) is 0 Å². The fourth-order valence-corrected chi connectivity index (χ4v) is 1.25. The van der Waals surface area contributed by atoms with E-state index in [-0.39, 0.29) is 6.10 Å². The lowest BCUT2D eigenvalue weighted by atomic mass is 10.4. The molecular formula is C10H14N4O. The van der Waals surface area contributed by atoms with Crippen molar-refractivity contribution in [2.24, 2.45) is 0 Å². The maximum Gasteiger partial charge on any atom is 0.156 e. The number of nitrogens with one attached hydrogen (secondary N) is 2. The Balaban J connectivity index is 2.08. The fraction of sp³-hybridized carbons (Fsp3) is 0.400. The number of hydrogen-bond donors (Lipinski definition) is 2. The average molecular weight is 206 g/mol. The first-order chi connectivity index (χ1) is 7.29. The van der Waals surface area contributed by atoms with E-state index in [4.69, 9.17) is 4.74 Å². The van der Waals surface area contributed by atoms with Gasteiger partial charge in [0.25, 0.3) is 0 Å². The van der Waals surface area contributed by atoms with Crippen molar-refractivity contribution in [3.05, 3.63) is 18.5 Å². The van der Waals surface area contributed by atoms with Crippen molar-refractivity contribution in [1.29, 1.82) is 0 Å². The van der Waals surface area contributed by atoms with Crippen molar-refractivity contribution in [2.45, 2.75) is 13.0 Å². The molecule has 2 rings (SSSR count). The van der Waals surface area contributed by atoms with Gasteiger partial charge < -0.3 is 15.0 Å². The highest BCUT2D eigenvalue weighted by molar-refractivity contribution is 5.71. The predicted octanol–water partition coefficient (Wildman–Crippen LogP) is 1.40. The van der Waals surface area contributed by atoms with Crippen molar-refractivity contribution in [3.8, 4) is 0 Å². The number of fused-ring (bicyclic) bond motifs is 1. The Bertz CT molecular complexity index is 440. The van der Waals surface area contributed by atoms with Crippen LogP contribution in [-0.2, 0) is 4.74 Å². The molecule has 0 aliphatic heterocycles. The molecule has 5 nitrogen and oxygen atoms in total. The van der Waals surface area contributed by atoms with Gasteiger partial charge in [-0.2, -0.15) is 0 Å². The zero-order chi connectivity index (χ0) is 10.7. The van der Waals surface area contributed by atoms with Crippen LogP contribution in [0.15, 0.2) is 18.5 Å². The van der Waals surface area contributed by atoms with Crippen molar-refractivity contribution in [2.75, 3.05) is 19.0 Å². The van der Waals surface area contributed by atoms with Gasteiger partial charge in [0, 0.05) is 19.9 Å². The zero-order valence-corrected chi connectivity index (χ0v) is 8.82. The Hall–Kier alpha value is -1.62. The minimum Gasteiger partial charge on any atom is -0.380 e. The summed E-state index contributed by atoms with van der Waals surface area (Å²) >= 11 is 0. The third-order valence-corrected chi connectivity index (χ3v) is 2.23. The molecule has 0 aromatic carbocycles. The summed E-state index contributed by atoms with van der Waals surface area (Å²) < 4.78 is 5.13. The van der Waals surface area contributed by atoms with Gasteiger partial charge >= 0.3 is 0 Å². The van der Waals surface area contributed by atoms with E-state index in [0.717, 1.165) is 23.5 Å². The summed E-state index contributed by atoms with van der Waals surface area (Å²) in [5.74, 6) is 0.769. The Morgan fingerprint density at radius 3 is 3.27 bits per heavy atom. The summed E-state index contributed by atoms with van der Waals surface area (Å²) in [6, 6.07) is 1.90. The molecule has 0 aliphatic rings. The molecule has 0 spiro atoms. The van der Waals surface area contributed by atoms with E-state index in [2.05, 4.69) is 20.3 Å². The molecule has 2 heterocycles. The third-order valence-electron chi connectivity index (χ3n) is 2.23. The first-order valence-corrected chi connectivity index (χ1v) is 4.86. The molecule has 5 heteroatoms. The normalized spacial score (nSPS) is 12.9. The average Bonchev–Trinajstić information content (AvgIpc) is 2.72. The number of ether oxygens (including phenoxy) is 1. The minimum atomic E-state index is 0.161. The maximum absolute atomic E-state index is 5.13. The summed E-state index contributed by atoms with van der Waals surface area (Å²) in [4.78, 5) is 11.6. The summed E-state index contributed by atoms with van der Waals surface area (Å²) in [5.41, 5.74) is 1.67. The number of rotatable bonds is 4. The molecule has 0 unspecified atom stereocenters. The van der Waals surface area contributed by atoms with Crippen molar-refractivity contribution < 1.29 is 4.74 Å². The van der Waals surface area contributed by atoms with Crippen molar-refractivity contribution in [1.82, 2.24) is 15.0 Å². The number of anilines is 1. The molecule has 2 N–H and O–H groups in total. The molecule has 0 saturated heterocycles. The Labute approximate surface area is 87.9 Å². The number of methoxy groups -OCH3 is 1. The summed E-state index contributed by atoms with van der Waals surface area (Å²) in [6.07, 6.45) is 3.70. The van der Waals surface area contributed by atoms with Crippen LogP contribution in [0.1, 0.15) is 6.92 Å². The van der Waals surface area contributed by atoms with Gasteiger partial charge in [0.2, 0.25) is 0 Å². The zero-order valence-electron chi connectivity index (χ0n) is 8.82. The molecular weight excluding hydrogens is 192 g/mol. The molecule has 0 amide bonds. The number of nitrogens with zero attached hydrogens (tertiary/aromatic N) is 2. The molecule has 0 fully saturated rings. The molecule has 0 saturated carbocycles. The van der Waals surface area contributed by atoms with E-state index >= 15 is 0 Å². The van der Waals surface area contributed by atoms with E-state index < -0.39 is 0 Å². The molecule has 2 aromatic heterocycles. The number of aromatic amines is 1. The van der Waals surface area contributed by atoms with Gasteiger partial charge in [-0.3, -0.25) is 0 Å². The Morgan fingerprint density at radius 1 is 1.60 bits per heavy atom. The second-order valence-electron chi connectivity index (χ2n) is 3.39. The second-order valence-corrected chi connectivity index (χ2v) is 3.39. The highest BCUT2D eigenvalue weighted by Gasteiger charge is 2.02. The van der Waals surface area contributed by atoms with Crippen molar-refractivity contribution in [3.63, 3.8) is 0 Å². The minimum absolute atomic E-state index is 0.161. The lowest BCUT2D eigenvalue weighted by Crippen LogP contribution is -2.18. The molecule has 0 aliphatic carbocycles. The third kappa shape index (κ3) is 2.24. The van der Waals surface area contributed by atoms with Gasteiger partial charge in [-0.15, -0.1) is 0 Å². The smallest absolute Gasteiger partial charge is 0.156 e. The first-order valence-electron chi connectivity index (χ1n) is 4.86. The number of hydrogen-bond acceptors (Lipinski definition) is 4. The van der Waals surface area contributed by atoms with Crippen molar-refractivity contribution >= 4 is 17.0 Å². The topological polar surface area (TPSA) is 62.8 Å². The van der Waals surface area contributed by atoms with E-state index in [1.807, 2.05) is 19.2 Å². The molecule has 1 atom stereocenters. The molecule has 0 bridgehead atoms. The highest BCUT2D eigenvalue weighted by Crippen LogP contribution is 2.09. The lowest BCUT2D eigenvalue weighted by Gasteiger charge is -2.10. The summed E-state index contributed by atoms with van der Waals surface area (Å²) in [6.45, 7) is 2.72. The number of H-pyrrole nitrogens is 1. The SMILES string of the molecule is CO[C@@H](C)CNc1cnc2[nH]ccc2n1. The van der Waals surface area contributed by atoms with Crippen LogP contribution < -0.4 is 5.32 Å². The maximum atomic E-state index is 5.13. The van der Waals surface area contributed by atoms with Gasteiger partial charge in [0.1, 0.15) is 11.3 Å². The molecule has 0 radical (unpaired) electrons. The lowest BCUT2D eigenvalue weighted by molar-refractivity contribution is 0.128. The summed E-state index contributed by atoms with van der Waals surface area (Å²) in [5, 5.41) is 3.16. The van der Waals surface area contributed by atoms with Crippen LogP contribution in [-0.4, -0.2) is 34.7 Å². The largest absolute Gasteiger partial charge is 0.380 e. The summed E-state index contributed by atoms with van der Waals surface area (Å²) in [7, 11) is 1.69. The number of aromatic nitrogens is 3. The van der Waals surface area contributed by atoms with Gasteiger partial charge in [0.05, 0.1) is 12.3 Å². The van der Waals surface area contributed by atoms with Crippen LogP contribution in [0.2, 0.25) is 0 Å². The van der Waals surface area contributed by atoms with Crippen LogP contribution in [0, 0.1) is 0 Å². The Kier molecular flexibility index (Phi) is 2.82. The fourth-order valence-electron chi connectivity index (χ4n) is 1.25. The first kappa shape index (κ1) is 9.92. The van der Waals surface area contributed by atoms with Gasteiger partial charge in [0.15, 0.2) is 5.65 Å². The quantitative estimate of drug-likeness (QED) is 0.793. The highest BCUT2D eigenvalue weighted by atomic mass is 16.5. The predicted molar refractivity (Wildman–Crippen MR) is 58.8 cm³/mol. The van der Waals surface area contributed by atoms with Gasteiger partial charge in [-0.25, -0.2) is 9.97 Å². The van der Waals surface area contributed by atoms with E-state index in [1.54, 1.807) is 13.3 Å². The standard InChI is InChI=1S/C10H14N4O/c1-7(15-2)5-12-9-6-13-10-8(14-9)3-4-11-10/h3-4,6-7H,5H2,1-2H3,(H,11,13)(H,12,14)/t7-/m0/s1. The van der Waals surface area contributed by atoms with Gasteiger partial charge in [-0.05, 0) is 13.0 Å². The second kappa shape index (κ2) is 4.27. The van der Waals surface area contributed by atoms with Gasteiger partial charge in [-0.1, -0.05) is 0 Å². The molecule has 15 heavy (non-hydrogen) atoms. The van der Waals surface area contributed by atoms with Crippen LogP contribution >= 0.6 is 0 Å². The molecule has 80 valence electrons. The molecule has 2 aromatic rings. The van der Waals surface area contributed by atoms with Crippen LogP contribution in [0.3, 0.4) is 0 Å². The van der Waals surface area contributed by atoms with E-state index in [0.29, 0.717) is 0 Å². The van der Waals surface area contributed by atoms with Crippen LogP contribution in [0.25, 0.3) is 11.2 Å². The monoisotopic (exact) mass is 206 g/mol. The Morgan fingerprint density at radius 2 is 2.47 bits per heavy atom.